The van der Waals surface area contributed by atoms with Crippen molar-refractivity contribution < 1.29 is 28.5 Å². The van der Waals surface area contributed by atoms with Crippen LogP contribution in [0.3, 0.4) is 0 Å². The molecule has 4 rings (SSSR count). The summed E-state index contributed by atoms with van der Waals surface area (Å²) in [5.41, 5.74) is 3.10. The van der Waals surface area contributed by atoms with E-state index in [0.29, 0.717) is 37.7 Å². The highest BCUT2D eigenvalue weighted by Crippen LogP contribution is 2.31. The first-order valence-electron chi connectivity index (χ1n) is 11.9. The number of benzene rings is 2. The Hall–Kier alpha value is -4.18. The van der Waals surface area contributed by atoms with Crippen molar-refractivity contribution in [2.45, 2.75) is 26.8 Å². The van der Waals surface area contributed by atoms with E-state index in [1.807, 2.05) is 31.2 Å². The van der Waals surface area contributed by atoms with Crippen LogP contribution in [0.15, 0.2) is 63.5 Å². The standard InChI is InChI=1S/C28H28N2O7S/c1-6-36-27(33)24-17(3)29-28-30(25(24)19-10-7-16(2)8-11-19)26(32)22(38-28)14-18-9-12-20(21(13-18)34-4)37-15-23(31)35-5/h7-14,25H,6,15H2,1-5H3/b22-14+/t25-/m1/s1. The summed E-state index contributed by atoms with van der Waals surface area (Å²) < 4.78 is 22.8. The Kier molecular flexibility index (Phi) is 8.11. The maximum Gasteiger partial charge on any atom is 0.343 e. The number of thiazole rings is 1. The summed E-state index contributed by atoms with van der Waals surface area (Å²) in [5, 5.41) is 0. The Bertz CT molecular complexity index is 1580. The van der Waals surface area contributed by atoms with Crippen LogP contribution in [-0.4, -0.2) is 43.9 Å². The van der Waals surface area contributed by atoms with E-state index in [1.165, 1.54) is 25.6 Å². The van der Waals surface area contributed by atoms with Crippen molar-refractivity contribution in [1.29, 1.82) is 0 Å². The van der Waals surface area contributed by atoms with Gasteiger partial charge in [-0.25, -0.2) is 14.6 Å². The second-order valence-electron chi connectivity index (χ2n) is 8.49. The van der Waals surface area contributed by atoms with Gasteiger partial charge in [-0.05, 0) is 50.1 Å². The van der Waals surface area contributed by atoms with Gasteiger partial charge in [0.15, 0.2) is 22.9 Å². The van der Waals surface area contributed by atoms with Crippen molar-refractivity contribution in [3.63, 3.8) is 0 Å². The number of esters is 2. The molecule has 2 aromatic carbocycles. The van der Waals surface area contributed by atoms with E-state index in [0.717, 1.165) is 11.1 Å². The molecule has 1 aromatic heterocycles. The zero-order valence-electron chi connectivity index (χ0n) is 21.8. The van der Waals surface area contributed by atoms with E-state index in [4.69, 9.17) is 14.2 Å². The maximum absolute atomic E-state index is 13.7. The number of hydrogen-bond donors (Lipinski definition) is 0. The molecule has 1 atom stereocenters. The van der Waals surface area contributed by atoms with E-state index in [2.05, 4.69) is 9.73 Å². The number of nitrogens with zero attached hydrogens (tertiary/aromatic N) is 2. The maximum atomic E-state index is 13.7. The van der Waals surface area contributed by atoms with Crippen LogP contribution in [0, 0.1) is 6.92 Å². The summed E-state index contributed by atoms with van der Waals surface area (Å²) in [6.45, 7) is 5.42. The topological polar surface area (TPSA) is 105 Å². The predicted octanol–water partition coefficient (Wildman–Crippen LogP) is 2.67. The molecule has 1 aliphatic rings. The number of ether oxygens (including phenoxy) is 4. The molecule has 0 saturated carbocycles. The van der Waals surface area contributed by atoms with Crippen LogP contribution < -0.4 is 24.4 Å². The third-order valence-electron chi connectivity index (χ3n) is 5.97. The van der Waals surface area contributed by atoms with Crippen molar-refractivity contribution in [2.75, 3.05) is 27.4 Å². The zero-order chi connectivity index (χ0) is 27.4. The molecule has 0 saturated heterocycles. The van der Waals surface area contributed by atoms with Gasteiger partial charge in [-0.1, -0.05) is 47.2 Å². The Morgan fingerprint density at radius 1 is 1.08 bits per heavy atom. The van der Waals surface area contributed by atoms with E-state index in [9.17, 15) is 14.4 Å². The number of aromatic nitrogens is 1. The number of carbonyl (C=O) groups excluding carboxylic acids is 2. The molecule has 0 unspecified atom stereocenters. The lowest BCUT2D eigenvalue weighted by Crippen LogP contribution is -2.39. The number of carbonyl (C=O) groups is 2. The molecule has 2 heterocycles. The molecule has 38 heavy (non-hydrogen) atoms. The van der Waals surface area contributed by atoms with Crippen LogP contribution in [0.1, 0.15) is 36.6 Å². The van der Waals surface area contributed by atoms with Crippen molar-refractivity contribution in [1.82, 2.24) is 4.57 Å². The number of aryl methyl sites for hydroxylation is 1. The fourth-order valence-corrected chi connectivity index (χ4v) is 5.14. The van der Waals surface area contributed by atoms with Gasteiger partial charge in [0, 0.05) is 0 Å². The molecule has 0 radical (unpaired) electrons. The summed E-state index contributed by atoms with van der Waals surface area (Å²) in [6.07, 6.45) is 1.73. The monoisotopic (exact) mass is 536 g/mol. The molecule has 10 heteroatoms. The molecule has 0 N–H and O–H groups in total. The molecule has 0 fully saturated rings. The third-order valence-corrected chi connectivity index (χ3v) is 6.95. The average molecular weight is 537 g/mol. The largest absolute Gasteiger partial charge is 0.493 e. The van der Waals surface area contributed by atoms with Crippen LogP contribution in [0.5, 0.6) is 11.5 Å². The number of methoxy groups -OCH3 is 2. The van der Waals surface area contributed by atoms with Gasteiger partial charge in [0.25, 0.3) is 5.56 Å². The fraction of sp³-hybridized carbons (Fsp3) is 0.286. The van der Waals surface area contributed by atoms with Gasteiger partial charge in [0.1, 0.15) is 0 Å². The average Bonchev–Trinajstić information content (AvgIpc) is 3.21. The van der Waals surface area contributed by atoms with E-state index in [1.54, 1.807) is 42.7 Å². The molecule has 0 amide bonds. The highest BCUT2D eigenvalue weighted by atomic mass is 32.1. The van der Waals surface area contributed by atoms with Crippen LogP contribution in [0.25, 0.3) is 6.08 Å². The summed E-state index contributed by atoms with van der Waals surface area (Å²) in [6, 6.07) is 12.1. The predicted molar refractivity (Wildman–Crippen MR) is 142 cm³/mol. The van der Waals surface area contributed by atoms with E-state index < -0.39 is 18.0 Å². The van der Waals surface area contributed by atoms with Gasteiger partial charge in [-0.15, -0.1) is 0 Å². The molecule has 3 aromatic rings. The second-order valence-corrected chi connectivity index (χ2v) is 9.50. The van der Waals surface area contributed by atoms with Crippen LogP contribution in [0.2, 0.25) is 0 Å². The van der Waals surface area contributed by atoms with Gasteiger partial charge in [0.05, 0.1) is 42.7 Å². The van der Waals surface area contributed by atoms with Crippen LogP contribution >= 0.6 is 11.3 Å². The van der Waals surface area contributed by atoms with Gasteiger partial charge in [-0.2, -0.15) is 0 Å². The van der Waals surface area contributed by atoms with Gasteiger partial charge in [0.2, 0.25) is 0 Å². The van der Waals surface area contributed by atoms with E-state index in [-0.39, 0.29) is 18.8 Å². The lowest BCUT2D eigenvalue weighted by atomic mass is 9.95. The minimum absolute atomic E-state index is 0.210. The first kappa shape index (κ1) is 26.9. The van der Waals surface area contributed by atoms with Crippen molar-refractivity contribution in [3.05, 3.63) is 90.1 Å². The molecule has 1 aliphatic heterocycles. The Morgan fingerprint density at radius 2 is 1.82 bits per heavy atom. The Balaban J connectivity index is 1.82. The minimum Gasteiger partial charge on any atom is -0.493 e. The second kappa shape index (κ2) is 11.5. The molecule has 198 valence electrons. The number of hydrogen-bond acceptors (Lipinski definition) is 9. The van der Waals surface area contributed by atoms with Crippen LogP contribution in [-0.2, 0) is 19.1 Å². The number of fused-ring (bicyclic) bond motifs is 1. The summed E-state index contributed by atoms with van der Waals surface area (Å²) in [4.78, 5) is 43.2. The normalized spacial score (nSPS) is 15.0. The first-order chi connectivity index (χ1) is 18.3. The molecule has 0 spiro atoms. The number of allylic oxidation sites excluding steroid dienone is 1. The van der Waals surface area contributed by atoms with Gasteiger partial charge in [-0.3, -0.25) is 9.36 Å². The molecule has 0 bridgehead atoms. The Labute approximate surface area is 223 Å². The SMILES string of the molecule is CCOC(=O)C1=C(C)N=c2s/c(=C/c3ccc(OCC(=O)OC)c(OC)c3)c(=O)n2[C@@H]1c1ccc(C)cc1. The van der Waals surface area contributed by atoms with Crippen LogP contribution in [0.4, 0.5) is 0 Å². The number of rotatable bonds is 8. The Morgan fingerprint density at radius 3 is 2.47 bits per heavy atom. The van der Waals surface area contributed by atoms with Crippen molar-refractivity contribution >= 4 is 29.4 Å². The van der Waals surface area contributed by atoms with Crippen molar-refractivity contribution in [3.8, 4) is 11.5 Å². The third kappa shape index (κ3) is 5.40. The minimum atomic E-state index is -0.670. The first-order valence-corrected chi connectivity index (χ1v) is 12.7. The molecule has 9 nitrogen and oxygen atoms in total. The van der Waals surface area contributed by atoms with Gasteiger partial charge >= 0.3 is 11.9 Å². The summed E-state index contributed by atoms with van der Waals surface area (Å²) >= 11 is 1.23. The summed E-state index contributed by atoms with van der Waals surface area (Å²) in [7, 11) is 2.77. The smallest absolute Gasteiger partial charge is 0.343 e. The van der Waals surface area contributed by atoms with Gasteiger partial charge < -0.3 is 18.9 Å². The van der Waals surface area contributed by atoms with E-state index >= 15 is 0 Å². The fourth-order valence-electron chi connectivity index (χ4n) is 4.10. The molecular formula is C28H28N2O7S. The lowest BCUT2D eigenvalue weighted by molar-refractivity contribution is -0.143. The highest BCUT2D eigenvalue weighted by molar-refractivity contribution is 7.07. The molecular weight excluding hydrogens is 508 g/mol. The molecule has 0 aliphatic carbocycles. The zero-order valence-corrected chi connectivity index (χ0v) is 22.6. The summed E-state index contributed by atoms with van der Waals surface area (Å²) in [5.74, 6) is -0.252. The lowest BCUT2D eigenvalue weighted by Gasteiger charge is -2.24. The van der Waals surface area contributed by atoms with Crippen molar-refractivity contribution in [2.24, 2.45) is 4.99 Å². The quantitative estimate of drug-likeness (QED) is 0.408. The highest BCUT2D eigenvalue weighted by Gasteiger charge is 2.33.